The molecule has 0 saturated carbocycles. The number of nitrogens with zero attached hydrogens (tertiary/aromatic N) is 2. The second kappa shape index (κ2) is 8.19. The summed E-state index contributed by atoms with van der Waals surface area (Å²) in [6.45, 7) is 1.63. The van der Waals surface area contributed by atoms with Crippen molar-refractivity contribution in [3.8, 4) is 0 Å². The van der Waals surface area contributed by atoms with E-state index >= 15 is 0 Å². The lowest BCUT2D eigenvalue weighted by atomic mass is 10.2. The molecule has 0 radical (unpaired) electrons. The topological polar surface area (TPSA) is 49.9 Å². The van der Waals surface area contributed by atoms with Crippen LogP contribution < -0.4 is 4.90 Å². The van der Waals surface area contributed by atoms with Crippen molar-refractivity contribution in [3.05, 3.63) is 64.9 Å². The fourth-order valence-electron chi connectivity index (χ4n) is 2.79. The number of hydrogen-bond acceptors (Lipinski definition) is 4. The van der Waals surface area contributed by atoms with E-state index in [-0.39, 0.29) is 18.3 Å². The Morgan fingerprint density at radius 1 is 1.00 bits per heavy atom. The van der Waals surface area contributed by atoms with E-state index < -0.39 is 5.97 Å². The largest absolute Gasteiger partial charge is 0.452 e. The Morgan fingerprint density at radius 3 is 2.31 bits per heavy atom. The van der Waals surface area contributed by atoms with Gasteiger partial charge in [-0.3, -0.25) is 4.79 Å². The summed E-state index contributed by atoms with van der Waals surface area (Å²) in [5, 5.41) is 0.519. The number of carbonyl (C=O) groups excluding carboxylic acids is 2. The minimum absolute atomic E-state index is 0.263. The molecule has 2 aromatic rings. The van der Waals surface area contributed by atoms with Crippen molar-refractivity contribution in [2.45, 2.75) is 0 Å². The number of halogens is 2. The summed E-state index contributed by atoms with van der Waals surface area (Å²) in [7, 11) is 0. The number of amides is 1. The summed E-state index contributed by atoms with van der Waals surface area (Å²) in [6.07, 6.45) is 0. The van der Waals surface area contributed by atoms with Gasteiger partial charge in [0, 0.05) is 31.2 Å². The van der Waals surface area contributed by atoms with Gasteiger partial charge >= 0.3 is 5.97 Å². The Balaban J connectivity index is 1.48. The first-order chi connectivity index (χ1) is 12.5. The zero-order valence-electron chi connectivity index (χ0n) is 14.0. The van der Waals surface area contributed by atoms with Gasteiger partial charge in [-0.1, -0.05) is 23.7 Å². The first kappa shape index (κ1) is 18.2. The van der Waals surface area contributed by atoms with Crippen molar-refractivity contribution in [2.24, 2.45) is 0 Å². The van der Waals surface area contributed by atoms with Crippen molar-refractivity contribution in [2.75, 3.05) is 37.7 Å². The predicted molar refractivity (Wildman–Crippen MR) is 96.9 cm³/mol. The smallest absolute Gasteiger partial charge is 0.338 e. The van der Waals surface area contributed by atoms with Crippen molar-refractivity contribution in [1.29, 1.82) is 0 Å². The molecule has 136 valence electrons. The maximum atomic E-state index is 13.8. The molecule has 5 nitrogen and oxygen atoms in total. The summed E-state index contributed by atoms with van der Waals surface area (Å²) < 4.78 is 18.9. The van der Waals surface area contributed by atoms with E-state index in [0.717, 1.165) is 0 Å². The average Bonchev–Trinajstić information content (AvgIpc) is 2.67. The van der Waals surface area contributed by atoms with Crippen LogP contribution in [0.5, 0.6) is 0 Å². The molecule has 3 rings (SSSR count). The molecule has 1 amide bonds. The minimum Gasteiger partial charge on any atom is -0.452 e. The maximum absolute atomic E-state index is 13.8. The van der Waals surface area contributed by atoms with Crippen LogP contribution in [0.2, 0.25) is 5.02 Å². The molecule has 0 N–H and O–H groups in total. The number of hydrogen-bond donors (Lipinski definition) is 0. The Hall–Kier alpha value is -2.60. The van der Waals surface area contributed by atoms with Gasteiger partial charge in [-0.05, 0) is 36.4 Å². The Labute approximate surface area is 155 Å². The zero-order valence-corrected chi connectivity index (χ0v) is 14.8. The van der Waals surface area contributed by atoms with Crippen LogP contribution in [0.1, 0.15) is 10.4 Å². The SMILES string of the molecule is O=C(OCC(=O)N1CCN(c2ccccc2F)CC1)c1ccc(Cl)cc1. The van der Waals surface area contributed by atoms with Crippen molar-refractivity contribution >= 4 is 29.2 Å². The van der Waals surface area contributed by atoms with E-state index in [9.17, 15) is 14.0 Å². The lowest BCUT2D eigenvalue weighted by Crippen LogP contribution is -2.50. The lowest BCUT2D eigenvalue weighted by Gasteiger charge is -2.36. The molecule has 0 atom stereocenters. The second-order valence-corrected chi connectivity index (χ2v) is 6.34. The van der Waals surface area contributed by atoms with Crippen molar-refractivity contribution in [3.63, 3.8) is 0 Å². The minimum atomic E-state index is -0.569. The van der Waals surface area contributed by atoms with E-state index in [1.54, 1.807) is 47.4 Å². The second-order valence-electron chi connectivity index (χ2n) is 5.90. The van der Waals surface area contributed by atoms with E-state index in [2.05, 4.69) is 0 Å². The van der Waals surface area contributed by atoms with Gasteiger partial charge in [0.1, 0.15) is 5.82 Å². The van der Waals surface area contributed by atoms with E-state index in [1.807, 2.05) is 4.90 Å². The summed E-state index contributed by atoms with van der Waals surface area (Å²) >= 11 is 5.77. The average molecular weight is 377 g/mol. The molecule has 7 heteroatoms. The monoisotopic (exact) mass is 376 g/mol. The summed E-state index contributed by atoms with van der Waals surface area (Å²) in [5.74, 6) is -1.11. The van der Waals surface area contributed by atoms with Crippen molar-refractivity contribution in [1.82, 2.24) is 4.90 Å². The van der Waals surface area contributed by atoms with Crippen LogP contribution in [0.4, 0.5) is 10.1 Å². The number of benzene rings is 2. The zero-order chi connectivity index (χ0) is 18.5. The fraction of sp³-hybridized carbons (Fsp3) is 0.263. The number of anilines is 1. The van der Waals surface area contributed by atoms with E-state index in [4.69, 9.17) is 16.3 Å². The first-order valence-corrected chi connectivity index (χ1v) is 8.62. The highest BCUT2D eigenvalue weighted by atomic mass is 35.5. The van der Waals surface area contributed by atoms with Gasteiger partial charge in [-0.15, -0.1) is 0 Å². The Kier molecular flexibility index (Phi) is 5.73. The number of para-hydroxylation sites is 1. The third-order valence-corrected chi connectivity index (χ3v) is 4.48. The fourth-order valence-corrected chi connectivity index (χ4v) is 2.92. The van der Waals surface area contributed by atoms with Gasteiger partial charge in [0.2, 0.25) is 0 Å². The lowest BCUT2D eigenvalue weighted by molar-refractivity contribution is -0.134. The number of esters is 1. The molecule has 2 aromatic carbocycles. The van der Waals surface area contributed by atoms with Gasteiger partial charge in [0.15, 0.2) is 6.61 Å². The highest BCUT2D eigenvalue weighted by Gasteiger charge is 2.23. The molecule has 0 spiro atoms. The molecule has 0 aliphatic carbocycles. The highest BCUT2D eigenvalue weighted by molar-refractivity contribution is 6.30. The van der Waals surface area contributed by atoms with Gasteiger partial charge in [0.25, 0.3) is 5.91 Å². The Bertz CT molecular complexity index is 790. The molecule has 0 aromatic heterocycles. The standard InChI is InChI=1S/C19H18ClFN2O3/c20-15-7-5-14(6-8-15)19(25)26-13-18(24)23-11-9-22(10-12-23)17-4-2-1-3-16(17)21/h1-8H,9-13H2. The third-order valence-electron chi connectivity index (χ3n) is 4.23. The van der Waals surface area contributed by atoms with Gasteiger partial charge < -0.3 is 14.5 Å². The third kappa shape index (κ3) is 4.32. The van der Waals surface area contributed by atoms with Gasteiger partial charge in [-0.25, -0.2) is 9.18 Å². The van der Waals surface area contributed by atoms with Gasteiger partial charge in [0.05, 0.1) is 11.3 Å². The molecule has 1 heterocycles. The molecule has 26 heavy (non-hydrogen) atoms. The molecule has 1 aliphatic rings. The normalized spacial score (nSPS) is 14.2. The van der Waals surface area contributed by atoms with Crippen LogP contribution in [-0.4, -0.2) is 49.6 Å². The summed E-state index contributed by atoms with van der Waals surface area (Å²) in [4.78, 5) is 27.7. The van der Waals surface area contributed by atoms with Crippen LogP contribution in [0, 0.1) is 5.82 Å². The molecule has 1 fully saturated rings. The molecule has 1 aliphatic heterocycles. The van der Waals surface area contributed by atoms with Crippen molar-refractivity contribution < 1.29 is 18.7 Å². The number of ether oxygens (including phenoxy) is 1. The molecule has 0 bridgehead atoms. The number of rotatable bonds is 4. The van der Waals surface area contributed by atoms with E-state index in [0.29, 0.717) is 42.5 Å². The van der Waals surface area contributed by atoms with Crippen LogP contribution in [-0.2, 0) is 9.53 Å². The maximum Gasteiger partial charge on any atom is 0.338 e. The first-order valence-electron chi connectivity index (χ1n) is 8.24. The van der Waals surface area contributed by atoms with E-state index in [1.165, 1.54) is 6.07 Å². The Morgan fingerprint density at radius 2 is 1.65 bits per heavy atom. The molecular weight excluding hydrogens is 359 g/mol. The predicted octanol–water partition coefficient (Wildman–Crippen LogP) is 2.98. The van der Waals surface area contributed by atoms with Crippen LogP contribution in [0.3, 0.4) is 0 Å². The summed E-state index contributed by atoms with van der Waals surface area (Å²) in [5.41, 5.74) is 0.875. The van der Waals surface area contributed by atoms with Crippen LogP contribution >= 0.6 is 11.6 Å². The number of piperazine rings is 1. The molecule has 1 saturated heterocycles. The van der Waals surface area contributed by atoms with Crippen LogP contribution in [0.25, 0.3) is 0 Å². The quantitative estimate of drug-likeness (QED) is 0.770. The number of carbonyl (C=O) groups is 2. The summed E-state index contributed by atoms with van der Waals surface area (Å²) in [6, 6.07) is 12.8. The molecular formula is C19H18ClFN2O3. The van der Waals surface area contributed by atoms with Crippen LogP contribution in [0.15, 0.2) is 48.5 Å². The van der Waals surface area contributed by atoms with Gasteiger partial charge in [-0.2, -0.15) is 0 Å². The highest BCUT2D eigenvalue weighted by Crippen LogP contribution is 2.20. The molecule has 0 unspecified atom stereocenters.